The van der Waals surface area contributed by atoms with E-state index in [4.69, 9.17) is 5.73 Å². The van der Waals surface area contributed by atoms with Crippen molar-refractivity contribution in [2.24, 2.45) is 5.92 Å². The summed E-state index contributed by atoms with van der Waals surface area (Å²) in [6.07, 6.45) is -2.66. The van der Waals surface area contributed by atoms with E-state index in [2.05, 4.69) is 0 Å². The number of hydrogen-bond acceptors (Lipinski definition) is 2. The van der Waals surface area contributed by atoms with Crippen LogP contribution in [-0.2, 0) is 6.18 Å². The summed E-state index contributed by atoms with van der Waals surface area (Å²) in [5, 5.41) is 0. The number of hydrogen-bond donors (Lipinski definition) is 1. The maximum atomic E-state index is 12.9. The normalized spacial score (nSPS) is 23.2. The molecule has 1 aliphatic heterocycles. The molecule has 6 heteroatoms. The van der Waals surface area contributed by atoms with Crippen molar-refractivity contribution in [2.75, 3.05) is 12.3 Å². The van der Waals surface area contributed by atoms with E-state index in [0.29, 0.717) is 12.5 Å². The summed E-state index contributed by atoms with van der Waals surface area (Å²) in [5.41, 5.74) is 4.08. The van der Waals surface area contributed by atoms with E-state index in [1.807, 2.05) is 13.8 Å². The highest BCUT2D eigenvalue weighted by molar-refractivity contribution is 5.95. The number of likely N-dealkylation sites (tertiary alicyclic amines) is 1. The van der Waals surface area contributed by atoms with Crippen LogP contribution in [0.15, 0.2) is 18.2 Å². The van der Waals surface area contributed by atoms with Gasteiger partial charge in [-0.15, -0.1) is 0 Å². The van der Waals surface area contributed by atoms with Crippen molar-refractivity contribution >= 4 is 11.6 Å². The molecule has 0 aromatic heterocycles. The summed E-state index contributed by atoms with van der Waals surface area (Å²) in [4.78, 5) is 14.1. The third-order valence-electron chi connectivity index (χ3n) is 3.98. The number of nitrogen functional groups attached to an aromatic ring is 1. The highest BCUT2D eigenvalue weighted by Gasteiger charge is 2.35. The Morgan fingerprint density at radius 1 is 1.29 bits per heavy atom. The van der Waals surface area contributed by atoms with Crippen molar-refractivity contribution in [1.82, 2.24) is 4.90 Å². The Balaban J connectivity index is 2.31. The van der Waals surface area contributed by atoms with Crippen molar-refractivity contribution in [3.8, 4) is 0 Å². The van der Waals surface area contributed by atoms with Crippen LogP contribution in [0.25, 0.3) is 0 Å². The summed E-state index contributed by atoms with van der Waals surface area (Å²) < 4.78 is 38.6. The Labute approximate surface area is 121 Å². The number of nitrogens with two attached hydrogens (primary N) is 1. The van der Waals surface area contributed by atoms with Gasteiger partial charge in [0.25, 0.3) is 5.91 Å². The Hall–Kier alpha value is -1.72. The van der Waals surface area contributed by atoms with Gasteiger partial charge in [-0.1, -0.05) is 6.92 Å². The smallest absolute Gasteiger partial charge is 0.398 e. The molecule has 0 saturated carbocycles. The second-order valence-corrected chi connectivity index (χ2v) is 5.79. The fraction of sp³-hybridized carbons (Fsp3) is 0.533. The number of carbonyl (C=O) groups excluding carboxylic acids is 1. The standard InChI is InChI=1S/C15H19F3N2O/c1-9-3-4-10(2)20(8-9)14(21)11-5-6-13(19)12(7-11)15(16,17)18/h5-7,9-10H,3-4,8,19H2,1-2H3. The lowest BCUT2D eigenvalue weighted by molar-refractivity contribution is -0.136. The lowest BCUT2D eigenvalue weighted by atomic mass is 9.94. The van der Waals surface area contributed by atoms with Crippen LogP contribution in [-0.4, -0.2) is 23.4 Å². The van der Waals surface area contributed by atoms with Gasteiger partial charge in [0.15, 0.2) is 0 Å². The highest BCUT2D eigenvalue weighted by atomic mass is 19.4. The van der Waals surface area contributed by atoms with Gasteiger partial charge in [-0.05, 0) is 43.9 Å². The summed E-state index contributed by atoms with van der Waals surface area (Å²) in [7, 11) is 0. The van der Waals surface area contributed by atoms with E-state index in [1.165, 1.54) is 6.07 Å². The van der Waals surface area contributed by atoms with Crippen molar-refractivity contribution < 1.29 is 18.0 Å². The van der Waals surface area contributed by atoms with Crippen molar-refractivity contribution in [3.63, 3.8) is 0 Å². The molecule has 21 heavy (non-hydrogen) atoms. The number of rotatable bonds is 1. The van der Waals surface area contributed by atoms with E-state index < -0.39 is 11.7 Å². The summed E-state index contributed by atoms with van der Waals surface area (Å²) in [5.74, 6) is 0.000526. The van der Waals surface area contributed by atoms with E-state index in [0.717, 1.165) is 25.0 Å². The third kappa shape index (κ3) is 3.31. The predicted octanol–water partition coefficient (Wildman–Crippen LogP) is 3.55. The zero-order chi connectivity index (χ0) is 15.8. The van der Waals surface area contributed by atoms with Gasteiger partial charge in [0, 0.05) is 23.8 Å². The van der Waals surface area contributed by atoms with Crippen molar-refractivity contribution in [1.29, 1.82) is 0 Å². The number of carbonyl (C=O) groups is 1. The molecule has 1 amide bonds. The molecule has 0 spiro atoms. The maximum Gasteiger partial charge on any atom is 0.418 e. The minimum atomic E-state index is -4.55. The third-order valence-corrected chi connectivity index (χ3v) is 3.98. The average molecular weight is 300 g/mol. The van der Waals surface area contributed by atoms with Crippen LogP contribution in [0.3, 0.4) is 0 Å². The Morgan fingerprint density at radius 2 is 1.95 bits per heavy atom. The van der Waals surface area contributed by atoms with Crippen LogP contribution < -0.4 is 5.73 Å². The van der Waals surface area contributed by atoms with Crippen LogP contribution in [0.2, 0.25) is 0 Å². The average Bonchev–Trinajstić information content (AvgIpc) is 2.40. The zero-order valence-corrected chi connectivity index (χ0v) is 12.1. The summed E-state index contributed by atoms with van der Waals surface area (Å²) in [6.45, 7) is 4.54. The van der Waals surface area contributed by atoms with Gasteiger partial charge in [0.1, 0.15) is 0 Å². The fourth-order valence-corrected chi connectivity index (χ4v) is 2.67. The molecule has 2 rings (SSSR count). The molecular weight excluding hydrogens is 281 g/mol. The molecule has 2 unspecified atom stereocenters. The molecular formula is C15H19F3N2O. The maximum absolute atomic E-state index is 12.9. The van der Waals surface area contributed by atoms with E-state index in [1.54, 1.807) is 4.90 Å². The number of amides is 1. The van der Waals surface area contributed by atoms with E-state index >= 15 is 0 Å². The van der Waals surface area contributed by atoms with E-state index in [-0.39, 0.29) is 23.2 Å². The first-order valence-corrected chi connectivity index (χ1v) is 6.98. The molecule has 1 aliphatic rings. The van der Waals surface area contributed by atoms with E-state index in [9.17, 15) is 18.0 Å². The second-order valence-electron chi connectivity index (χ2n) is 5.79. The van der Waals surface area contributed by atoms with Gasteiger partial charge in [-0.2, -0.15) is 13.2 Å². The molecule has 1 saturated heterocycles. The minimum absolute atomic E-state index is 0.0393. The minimum Gasteiger partial charge on any atom is -0.398 e. The fourth-order valence-electron chi connectivity index (χ4n) is 2.67. The lowest BCUT2D eigenvalue weighted by Gasteiger charge is -2.37. The van der Waals surface area contributed by atoms with Crippen LogP contribution in [0.5, 0.6) is 0 Å². The van der Waals surface area contributed by atoms with Gasteiger partial charge in [0.2, 0.25) is 0 Å². The Bertz CT molecular complexity index is 542. The number of anilines is 1. The summed E-state index contributed by atoms with van der Waals surface area (Å²) in [6, 6.07) is 3.40. The quantitative estimate of drug-likeness (QED) is 0.806. The highest BCUT2D eigenvalue weighted by Crippen LogP contribution is 2.34. The zero-order valence-electron chi connectivity index (χ0n) is 12.1. The number of alkyl halides is 3. The van der Waals surface area contributed by atoms with Gasteiger partial charge >= 0.3 is 6.18 Å². The Morgan fingerprint density at radius 3 is 2.57 bits per heavy atom. The van der Waals surface area contributed by atoms with Crippen LogP contribution in [0.1, 0.15) is 42.6 Å². The first-order valence-electron chi connectivity index (χ1n) is 6.98. The number of piperidine rings is 1. The van der Waals surface area contributed by atoms with Gasteiger partial charge < -0.3 is 10.6 Å². The van der Waals surface area contributed by atoms with Crippen LogP contribution >= 0.6 is 0 Å². The monoisotopic (exact) mass is 300 g/mol. The van der Waals surface area contributed by atoms with Crippen molar-refractivity contribution in [3.05, 3.63) is 29.3 Å². The predicted molar refractivity (Wildman–Crippen MR) is 74.8 cm³/mol. The lowest BCUT2D eigenvalue weighted by Crippen LogP contribution is -2.45. The first-order chi connectivity index (χ1) is 9.70. The molecule has 1 fully saturated rings. The molecule has 0 bridgehead atoms. The molecule has 1 heterocycles. The van der Waals surface area contributed by atoms with Crippen LogP contribution in [0.4, 0.5) is 18.9 Å². The Kier molecular flexibility index (Phi) is 4.16. The van der Waals surface area contributed by atoms with Crippen LogP contribution in [0, 0.1) is 5.92 Å². The molecule has 0 aliphatic carbocycles. The molecule has 2 atom stereocenters. The number of halogens is 3. The molecule has 116 valence electrons. The van der Waals surface area contributed by atoms with Gasteiger partial charge in [0.05, 0.1) is 5.56 Å². The largest absolute Gasteiger partial charge is 0.418 e. The molecule has 1 aromatic carbocycles. The van der Waals surface area contributed by atoms with Gasteiger partial charge in [-0.25, -0.2) is 0 Å². The molecule has 1 aromatic rings. The number of nitrogens with zero attached hydrogens (tertiary/aromatic N) is 1. The number of benzene rings is 1. The topological polar surface area (TPSA) is 46.3 Å². The molecule has 3 nitrogen and oxygen atoms in total. The van der Waals surface area contributed by atoms with Crippen molar-refractivity contribution in [2.45, 2.75) is 38.9 Å². The first kappa shape index (κ1) is 15.7. The molecule has 0 radical (unpaired) electrons. The SMILES string of the molecule is CC1CCC(C)N(C(=O)c2ccc(N)c(C(F)(F)F)c2)C1. The second kappa shape index (κ2) is 5.58. The molecule has 2 N–H and O–H groups in total. The summed E-state index contributed by atoms with van der Waals surface area (Å²) >= 11 is 0. The van der Waals surface area contributed by atoms with Gasteiger partial charge in [-0.3, -0.25) is 4.79 Å².